The number of carbonyl (C=O) groups excluding carboxylic acids is 3. The number of nitrogens with zero attached hydrogens (tertiary/aromatic N) is 1. The molecular formula is C28H23BrCl2N2O4S. The molecule has 10 heteroatoms. The summed E-state index contributed by atoms with van der Waals surface area (Å²) in [5.74, 6) is -0.366. The third kappa shape index (κ3) is 6.61. The van der Waals surface area contributed by atoms with Crippen LogP contribution >= 0.6 is 50.9 Å². The van der Waals surface area contributed by atoms with Gasteiger partial charge in [0.15, 0.2) is 0 Å². The van der Waals surface area contributed by atoms with E-state index in [1.54, 1.807) is 42.5 Å². The summed E-state index contributed by atoms with van der Waals surface area (Å²) in [7, 11) is 0. The van der Waals surface area contributed by atoms with E-state index >= 15 is 0 Å². The van der Waals surface area contributed by atoms with Crippen molar-refractivity contribution >= 4 is 79.7 Å². The van der Waals surface area contributed by atoms with Crippen molar-refractivity contribution in [3.8, 4) is 5.75 Å². The number of halogens is 3. The number of thioether (sulfide) groups is 1. The molecule has 0 saturated carbocycles. The summed E-state index contributed by atoms with van der Waals surface area (Å²) in [5, 5.41) is 3.40. The van der Waals surface area contributed by atoms with Crippen molar-refractivity contribution in [2.75, 3.05) is 11.9 Å². The molecule has 0 radical (unpaired) electrons. The largest absolute Gasteiger partial charge is 0.488 e. The van der Waals surface area contributed by atoms with E-state index in [4.69, 9.17) is 27.9 Å². The van der Waals surface area contributed by atoms with Crippen molar-refractivity contribution < 1.29 is 19.1 Å². The van der Waals surface area contributed by atoms with Gasteiger partial charge in [-0.15, -0.1) is 0 Å². The first-order valence-electron chi connectivity index (χ1n) is 11.5. The molecule has 0 aliphatic carbocycles. The maximum Gasteiger partial charge on any atom is 0.294 e. The number of amides is 3. The quantitative estimate of drug-likeness (QED) is 0.267. The molecule has 196 valence electrons. The Bertz CT molecular complexity index is 1470. The van der Waals surface area contributed by atoms with Crippen LogP contribution in [0.1, 0.15) is 27.8 Å². The number of nitrogens with one attached hydrogen (secondary N) is 1. The standard InChI is InChI=1S/C28H23BrCl2N2O4S/c1-15-8-16(2)26(17(3)9-15)32-25(34)13-33-27(35)24(38-28(33)36)11-18-4-7-23(21(29)10-18)37-14-19-5-6-20(30)12-22(19)31/h4-12H,13-14H2,1-3H3,(H,32,34)/b24-11+. The Kier molecular flexibility index (Phi) is 8.88. The summed E-state index contributed by atoms with van der Waals surface area (Å²) in [6.07, 6.45) is 1.61. The van der Waals surface area contributed by atoms with Gasteiger partial charge >= 0.3 is 0 Å². The van der Waals surface area contributed by atoms with Gasteiger partial charge in [-0.25, -0.2) is 0 Å². The molecule has 1 aliphatic rings. The van der Waals surface area contributed by atoms with Crippen molar-refractivity contribution in [1.82, 2.24) is 4.90 Å². The second-order valence-corrected chi connectivity index (χ2v) is 11.5. The molecule has 0 spiro atoms. The lowest BCUT2D eigenvalue weighted by Crippen LogP contribution is -2.36. The predicted molar refractivity (Wildman–Crippen MR) is 157 cm³/mol. The van der Waals surface area contributed by atoms with Crippen molar-refractivity contribution in [1.29, 1.82) is 0 Å². The number of carbonyl (C=O) groups is 3. The van der Waals surface area contributed by atoms with Crippen LogP contribution in [0.25, 0.3) is 6.08 Å². The Morgan fingerprint density at radius 1 is 1.05 bits per heavy atom. The lowest BCUT2D eigenvalue weighted by atomic mass is 10.1. The molecule has 1 fully saturated rings. The van der Waals surface area contributed by atoms with Crippen molar-refractivity contribution in [3.05, 3.63) is 95.8 Å². The van der Waals surface area contributed by atoms with E-state index in [2.05, 4.69) is 21.2 Å². The summed E-state index contributed by atoms with van der Waals surface area (Å²) in [6.45, 7) is 5.67. The highest BCUT2D eigenvalue weighted by atomic mass is 79.9. The maximum atomic E-state index is 12.9. The smallest absolute Gasteiger partial charge is 0.294 e. The molecule has 4 rings (SSSR count). The first kappa shape index (κ1) is 28.2. The second-order valence-electron chi connectivity index (χ2n) is 8.80. The minimum absolute atomic E-state index is 0.235. The zero-order valence-corrected chi connectivity index (χ0v) is 24.6. The number of imide groups is 1. The van der Waals surface area contributed by atoms with Crippen molar-refractivity contribution in [3.63, 3.8) is 0 Å². The Morgan fingerprint density at radius 3 is 2.42 bits per heavy atom. The minimum Gasteiger partial charge on any atom is -0.488 e. The van der Waals surface area contributed by atoms with Crippen LogP contribution in [0.3, 0.4) is 0 Å². The minimum atomic E-state index is -0.513. The van der Waals surface area contributed by atoms with Gasteiger partial charge in [0.1, 0.15) is 18.9 Å². The maximum absolute atomic E-state index is 12.9. The number of anilines is 1. The van der Waals surface area contributed by atoms with E-state index in [1.165, 1.54) is 0 Å². The molecule has 0 unspecified atom stereocenters. The molecule has 1 N–H and O–H groups in total. The van der Waals surface area contributed by atoms with Gasteiger partial charge in [-0.1, -0.05) is 53.0 Å². The molecule has 3 amide bonds. The molecule has 6 nitrogen and oxygen atoms in total. The Hall–Kier alpha value is -2.78. The summed E-state index contributed by atoms with van der Waals surface area (Å²) < 4.78 is 6.53. The number of hydrogen-bond donors (Lipinski definition) is 1. The van der Waals surface area contributed by atoms with Gasteiger partial charge in [0.2, 0.25) is 5.91 Å². The molecule has 1 aliphatic heterocycles. The summed E-state index contributed by atoms with van der Waals surface area (Å²) in [4.78, 5) is 39.3. The third-order valence-electron chi connectivity index (χ3n) is 5.77. The van der Waals surface area contributed by atoms with Crippen LogP contribution in [0.5, 0.6) is 5.75 Å². The van der Waals surface area contributed by atoms with E-state index in [0.29, 0.717) is 31.5 Å². The van der Waals surface area contributed by atoms with E-state index in [1.807, 2.05) is 32.9 Å². The second kappa shape index (κ2) is 11.9. The van der Waals surface area contributed by atoms with Crippen LogP contribution in [0, 0.1) is 20.8 Å². The molecule has 1 heterocycles. The van der Waals surface area contributed by atoms with Gasteiger partial charge in [-0.3, -0.25) is 19.3 Å². The molecule has 0 atom stereocenters. The number of rotatable bonds is 7. The highest BCUT2D eigenvalue weighted by Crippen LogP contribution is 2.34. The third-order valence-corrected chi connectivity index (χ3v) is 7.88. The summed E-state index contributed by atoms with van der Waals surface area (Å²) >= 11 is 16.4. The van der Waals surface area contributed by atoms with E-state index < -0.39 is 17.1 Å². The fourth-order valence-electron chi connectivity index (χ4n) is 4.01. The molecule has 38 heavy (non-hydrogen) atoms. The van der Waals surface area contributed by atoms with Gasteiger partial charge in [-0.2, -0.15) is 0 Å². The molecule has 1 saturated heterocycles. The molecule has 3 aromatic carbocycles. The number of aryl methyl sites for hydroxylation is 3. The Labute approximate surface area is 243 Å². The topological polar surface area (TPSA) is 75.7 Å². The predicted octanol–water partition coefficient (Wildman–Crippen LogP) is 7.94. The average molecular weight is 634 g/mol. The molecule has 0 aromatic heterocycles. The average Bonchev–Trinajstić information content (AvgIpc) is 3.09. The van der Waals surface area contributed by atoms with E-state index in [-0.39, 0.29) is 18.1 Å². The summed E-state index contributed by atoms with van der Waals surface area (Å²) in [6, 6.07) is 14.4. The Morgan fingerprint density at radius 2 is 1.76 bits per heavy atom. The first-order chi connectivity index (χ1) is 18.0. The van der Waals surface area contributed by atoms with Crippen LogP contribution in [-0.2, 0) is 16.2 Å². The number of benzene rings is 3. The van der Waals surface area contributed by atoms with Gasteiger partial charge < -0.3 is 10.1 Å². The molecule has 0 bridgehead atoms. The van der Waals surface area contributed by atoms with Crippen LogP contribution in [0.15, 0.2) is 57.9 Å². The monoisotopic (exact) mass is 632 g/mol. The van der Waals surface area contributed by atoms with Crippen LogP contribution < -0.4 is 10.1 Å². The first-order valence-corrected chi connectivity index (χ1v) is 13.9. The summed E-state index contributed by atoms with van der Waals surface area (Å²) in [5.41, 5.74) is 5.09. The van der Waals surface area contributed by atoms with Crippen LogP contribution in [0.4, 0.5) is 10.5 Å². The van der Waals surface area contributed by atoms with Gasteiger partial charge in [-0.05, 0) is 95.5 Å². The van der Waals surface area contributed by atoms with Crippen molar-refractivity contribution in [2.24, 2.45) is 0 Å². The number of ether oxygens (including phenoxy) is 1. The Balaban J connectivity index is 1.42. The van der Waals surface area contributed by atoms with E-state index in [0.717, 1.165) is 38.9 Å². The van der Waals surface area contributed by atoms with Gasteiger partial charge in [0.05, 0.1) is 9.38 Å². The fourth-order valence-corrected chi connectivity index (χ4v) is 5.82. The van der Waals surface area contributed by atoms with Gasteiger partial charge in [0.25, 0.3) is 11.1 Å². The molecule has 3 aromatic rings. The fraction of sp³-hybridized carbons (Fsp3) is 0.179. The lowest BCUT2D eigenvalue weighted by molar-refractivity contribution is -0.127. The highest BCUT2D eigenvalue weighted by molar-refractivity contribution is 9.10. The lowest BCUT2D eigenvalue weighted by Gasteiger charge is -2.15. The van der Waals surface area contributed by atoms with Crippen LogP contribution in [0.2, 0.25) is 10.0 Å². The van der Waals surface area contributed by atoms with Crippen LogP contribution in [-0.4, -0.2) is 28.5 Å². The van der Waals surface area contributed by atoms with E-state index in [9.17, 15) is 14.4 Å². The molecular weight excluding hydrogens is 611 g/mol. The van der Waals surface area contributed by atoms with Gasteiger partial charge in [0, 0.05) is 21.3 Å². The number of hydrogen-bond acceptors (Lipinski definition) is 5. The SMILES string of the molecule is Cc1cc(C)c(NC(=O)CN2C(=O)S/C(=C/c3ccc(OCc4ccc(Cl)cc4Cl)c(Br)c3)C2=O)c(C)c1. The zero-order valence-electron chi connectivity index (χ0n) is 20.7. The zero-order chi connectivity index (χ0) is 27.6. The highest BCUT2D eigenvalue weighted by Gasteiger charge is 2.36. The van der Waals surface area contributed by atoms with Crippen molar-refractivity contribution in [2.45, 2.75) is 27.4 Å². The normalized spacial score (nSPS) is 14.4.